The number of Topliss-reactive ketones (excluding diaryl/α,β-unsaturated/α-hetero) is 1. The summed E-state index contributed by atoms with van der Waals surface area (Å²) in [6.07, 6.45) is 0. The summed E-state index contributed by atoms with van der Waals surface area (Å²) in [5.41, 5.74) is 0.582. The van der Waals surface area contributed by atoms with Gasteiger partial charge >= 0.3 is 0 Å². The second kappa shape index (κ2) is 8.36. The van der Waals surface area contributed by atoms with Crippen LogP contribution in [0.25, 0.3) is 0 Å². The summed E-state index contributed by atoms with van der Waals surface area (Å²) in [5.74, 6) is 0.0245. The van der Waals surface area contributed by atoms with E-state index in [2.05, 4.69) is 5.32 Å². The summed E-state index contributed by atoms with van der Waals surface area (Å²) in [6, 6.07) is 7.13. The van der Waals surface area contributed by atoms with Crippen molar-refractivity contribution in [1.82, 2.24) is 0 Å². The fourth-order valence-corrected chi connectivity index (χ4v) is 2.40. The van der Waals surface area contributed by atoms with Gasteiger partial charge in [0.05, 0.1) is 23.0 Å². The van der Waals surface area contributed by atoms with E-state index >= 15 is 0 Å². The van der Waals surface area contributed by atoms with E-state index in [4.69, 9.17) is 4.74 Å². The number of nitrogens with one attached hydrogen (secondary N) is 1. The number of amides is 1. The zero-order valence-electron chi connectivity index (χ0n) is 12.3. The van der Waals surface area contributed by atoms with Gasteiger partial charge in [-0.3, -0.25) is 9.59 Å². The van der Waals surface area contributed by atoms with Crippen LogP contribution in [-0.2, 0) is 9.59 Å². The predicted octanol–water partition coefficient (Wildman–Crippen LogP) is 3.14. The average molecular weight is 309 g/mol. The summed E-state index contributed by atoms with van der Waals surface area (Å²) in [5, 5.41) is 12.1. The zero-order chi connectivity index (χ0) is 15.8. The number of aliphatic hydroxyl groups excluding tert-OH is 1. The number of allylic oxidation sites excluding steroid dienone is 2. The Balaban J connectivity index is 2.67. The number of para-hydroxylation sites is 2. The zero-order valence-corrected chi connectivity index (χ0v) is 13.1. The summed E-state index contributed by atoms with van der Waals surface area (Å²) in [7, 11) is 0. The molecule has 0 saturated carbocycles. The van der Waals surface area contributed by atoms with Gasteiger partial charge in [0.15, 0.2) is 5.78 Å². The first kappa shape index (κ1) is 17.1. The Morgan fingerprint density at radius 1 is 1.29 bits per heavy atom. The second-order valence-electron chi connectivity index (χ2n) is 4.24. The van der Waals surface area contributed by atoms with Gasteiger partial charge in [-0.1, -0.05) is 12.1 Å². The summed E-state index contributed by atoms with van der Waals surface area (Å²) in [6.45, 7) is 5.14. The molecule has 0 heterocycles. The number of rotatable bonds is 7. The molecule has 0 bridgehead atoms. The first-order valence-corrected chi connectivity index (χ1v) is 7.49. The number of ether oxygens (including phenoxy) is 1. The molecule has 2 N–H and O–H groups in total. The Labute approximate surface area is 128 Å². The minimum Gasteiger partial charge on any atom is -0.511 e. The fourth-order valence-electron chi connectivity index (χ4n) is 1.64. The molecule has 1 aromatic rings. The number of benzene rings is 1. The standard InChI is InChI=1S/C15H19NO4S/c1-4-20-13-8-6-5-7-12(13)16-14(19)9-21-15(10(2)17)11(3)18/h5-8,17H,4,9H2,1-3H3,(H,16,19)/b15-10-. The number of aliphatic hydroxyl groups is 1. The third kappa shape index (κ3) is 5.51. The molecule has 0 spiro atoms. The lowest BCUT2D eigenvalue weighted by Gasteiger charge is -2.11. The van der Waals surface area contributed by atoms with Gasteiger partial charge < -0.3 is 15.2 Å². The lowest BCUT2D eigenvalue weighted by Crippen LogP contribution is -2.15. The molecule has 0 aromatic heterocycles. The maximum Gasteiger partial charge on any atom is 0.234 e. The third-order valence-electron chi connectivity index (χ3n) is 2.46. The molecule has 1 amide bonds. The molecule has 1 aromatic carbocycles. The van der Waals surface area contributed by atoms with Crippen molar-refractivity contribution in [3.63, 3.8) is 0 Å². The SMILES string of the molecule is CCOc1ccccc1NC(=O)CS/C(C(C)=O)=C(/C)O. The van der Waals surface area contributed by atoms with E-state index in [-0.39, 0.29) is 28.1 Å². The highest BCUT2D eigenvalue weighted by molar-refractivity contribution is 8.04. The van der Waals surface area contributed by atoms with Gasteiger partial charge in [0.25, 0.3) is 0 Å². The maximum atomic E-state index is 11.9. The molecule has 1 rings (SSSR count). The van der Waals surface area contributed by atoms with Crippen LogP contribution < -0.4 is 10.1 Å². The van der Waals surface area contributed by atoms with E-state index in [1.807, 2.05) is 13.0 Å². The van der Waals surface area contributed by atoms with Crippen LogP contribution in [0.3, 0.4) is 0 Å². The molecule has 114 valence electrons. The van der Waals surface area contributed by atoms with Crippen molar-refractivity contribution < 1.29 is 19.4 Å². The number of carbonyl (C=O) groups excluding carboxylic acids is 2. The Hall–Kier alpha value is -1.95. The number of hydrogen-bond acceptors (Lipinski definition) is 5. The van der Waals surface area contributed by atoms with Crippen LogP contribution in [-0.4, -0.2) is 29.2 Å². The monoisotopic (exact) mass is 309 g/mol. The molecule has 0 aliphatic heterocycles. The maximum absolute atomic E-state index is 11.9. The van der Waals surface area contributed by atoms with Crippen LogP contribution in [0.4, 0.5) is 5.69 Å². The van der Waals surface area contributed by atoms with Crippen LogP contribution in [0.15, 0.2) is 34.9 Å². The van der Waals surface area contributed by atoms with E-state index < -0.39 is 0 Å². The molecule has 21 heavy (non-hydrogen) atoms. The normalized spacial score (nSPS) is 11.6. The van der Waals surface area contributed by atoms with Gasteiger partial charge in [-0.25, -0.2) is 0 Å². The van der Waals surface area contributed by atoms with E-state index in [0.717, 1.165) is 11.8 Å². The predicted molar refractivity (Wildman–Crippen MR) is 84.7 cm³/mol. The van der Waals surface area contributed by atoms with E-state index in [1.165, 1.54) is 13.8 Å². The number of anilines is 1. The number of hydrogen-bond donors (Lipinski definition) is 2. The smallest absolute Gasteiger partial charge is 0.234 e. The van der Waals surface area contributed by atoms with Crippen molar-refractivity contribution in [2.45, 2.75) is 20.8 Å². The molecular weight excluding hydrogens is 290 g/mol. The Morgan fingerprint density at radius 2 is 1.95 bits per heavy atom. The minimum absolute atomic E-state index is 0.0350. The molecule has 0 unspecified atom stereocenters. The average Bonchev–Trinajstić information content (AvgIpc) is 2.40. The van der Waals surface area contributed by atoms with Gasteiger partial charge in [-0.2, -0.15) is 0 Å². The Bertz CT molecular complexity index is 550. The molecule has 5 nitrogen and oxygen atoms in total. The van der Waals surface area contributed by atoms with Crippen molar-refractivity contribution in [3.8, 4) is 5.75 Å². The molecule has 6 heteroatoms. The minimum atomic E-state index is -0.271. The first-order chi connectivity index (χ1) is 9.95. The van der Waals surface area contributed by atoms with Crippen LogP contribution in [0.5, 0.6) is 5.75 Å². The molecular formula is C15H19NO4S. The van der Waals surface area contributed by atoms with Gasteiger partial charge in [-0.15, -0.1) is 11.8 Å². The first-order valence-electron chi connectivity index (χ1n) is 6.51. The van der Waals surface area contributed by atoms with Crippen molar-refractivity contribution in [2.75, 3.05) is 17.7 Å². The summed E-state index contributed by atoms with van der Waals surface area (Å²) in [4.78, 5) is 23.4. The van der Waals surface area contributed by atoms with E-state index in [1.54, 1.807) is 18.2 Å². The van der Waals surface area contributed by atoms with E-state index in [9.17, 15) is 14.7 Å². The topological polar surface area (TPSA) is 75.6 Å². The molecule has 0 aliphatic rings. The van der Waals surface area contributed by atoms with Gasteiger partial charge in [-0.05, 0) is 32.9 Å². The highest BCUT2D eigenvalue weighted by Gasteiger charge is 2.13. The quantitative estimate of drug-likeness (QED) is 0.598. The van der Waals surface area contributed by atoms with Crippen molar-refractivity contribution in [3.05, 3.63) is 34.9 Å². The lowest BCUT2D eigenvalue weighted by atomic mass is 10.3. The second-order valence-corrected chi connectivity index (χ2v) is 5.22. The van der Waals surface area contributed by atoms with Crippen molar-refractivity contribution >= 4 is 29.1 Å². The van der Waals surface area contributed by atoms with Crippen LogP contribution in [0, 0.1) is 0 Å². The molecule has 0 fully saturated rings. The Kier molecular flexibility index (Phi) is 6.81. The van der Waals surface area contributed by atoms with Crippen LogP contribution >= 0.6 is 11.8 Å². The fraction of sp³-hybridized carbons (Fsp3) is 0.333. The van der Waals surface area contributed by atoms with Crippen LogP contribution in [0.1, 0.15) is 20.8 Å². The largest absolute Gasteiger partial charge is 0.511 e. The highest BCUT2D eigenvalue weighted by atomic mass is 32.2. The summed E-state index contributed by atoms with van der Waals surface area (Å²) < 4.78 is 5.41. The van der Waals surface area contributed by atoms with Gasteiger partial charge in [0.2, 0.25) is 5.91 Å². The summed E-state index contributed by atoms with van der Waals surface area (Å²) >= 11 is 1.01. The highest BCUT2D eigenvalue weighted by Crippen LogP contribution is 2.25. The lowest BCUT2D eigenvalue weighted by molar-refractivity contribution is -0.114. The van der Waals surface area contributed by atoms with Gasteiger partial charge in [0.1, 0.15) is 11.5 Å². The third-order valence-corrected chi connectivity index (χ3v) is 3.74. The Morgan fingerprint density at radius 3 is 2.52 bits per heavy atom. The van der Waals surface area contributed by atoms with E-state index in [0.29, 0.717) is 18.0 Å². The molecule has 0 aliphatic carbocycles. The number of thioether (sulfide) groups is 1. The van der Waals surface area contributed by atoms with Crippen molar-refractivity contribution in [1.29, 1.82) is 0 Å². The molecule has 0 atom stereocenters. The van der Waals surface area contributed by atoms with Gasteiger partial charge in [0, 0.05) is 0 Å². The van der Waals surface area contributed by atoms with Crippen LogP contribution in [0.2, 0.25) is 0 Å². The number of carbonyl (C=O) groups is 2. The van der Waals surface area contributed by atoms with Crippen molar-refractivity contribution in [2.24, 2.45) is 0 Å². The molecule has 0 saturated heterocycles. The molecule has 0 radical (unpaired) electrons. The number of ketones is 1.